The van der Waals surface area contributed by atoms with E-state index in [4.69, 9.17) is 33.0 Å². The molecule has 27 heavy (non-hydrogen) atoms. The number of hydrogen-bond donors (Lipinski definition) is 2. The molecule has 0 atom stereocenters. The number of aliphatic carboxylic acids is 1. The maximum Gasteiger partial charge on any atom is 0.341 e. The van der Waals surface area contributed by atoms with E-state index in [1.807, 2.05) is 25.1 Å². The number of nitrogens with one attached hydrogen (secondary N) is 1. The third-order valence-electron chi connectivity index (χ3n) is 3.43. The summed E-state index contributed by atoms with van der Waals surface area (Å²) < 4.78 is 5.03. The van der Waals surface area contributed by atoms with Gasteiger partial charge in [-0.3, -0.25) is 4.79 Å². The summed E-state index contributed by atoms with van der Waals surface area (Å²) in [6.45, 7) is 1.23. The average Bonchev–Trinajstić information content (AvgIpc) is 2.60. The minimum Gasteiger partial charge on any atom is -0.479 e. The van der Waals surface area contributed by atoms with E-state index >= 15 is 0 Å². The fraction of sp³-hybridized carbons (Fsp3) is 0.105. The second-order valence-corrected chi connectivity index (χ2v) is 6.25. The molecule has 6 nitrogen and oxygen atoms in total. The summed E-state index contributed by atoms with van der Waals surface area (Å²) in [4.78, 5) is 23.0. The standard InChI is InChI=1S/C19H14Cl2N2O4/c1-11-4-2-3-5-16(11)23-19(26)13(9-22)6-12-7-14(20)18(15(21)8-12)27-10-17(24)25/h2-8H,10H2,1H3,(H,23,26)(H,24,25)/b13-6-. The summed E-state index contributed by atoms with van der Waals surface area (Å²) in [5.74, 6) is -1.74. The highest BCUT2D eigenvalue weighted by atomic mass is 35.5. The predicted molar refractivity (Wildman–Crippen MR) is 103 cm³/mol. The van der Waals surface area contributed by atoms with E-state index in [0.717, 1.165) is 5.56 Å². The van der Waals surface area contributed by atoms with Crippen molar-refractivity contribution in [3.63, 3.8) is 0 Å². The summed E-state index contributed by atoms with van der Waals surface area (Å²) in [7, 11) is 0. The second-order valence-electron chi connectivity index (χ2n) is 5.43. The van der Waals surface area contributed by atoms with E-state index in [2.05, 4.69) is 5.32 Å². The highest BCUT2D eigenvalue weighted by Gasteiger charge is 2.14. The number of carbonyl (C=O) groups is 2. The lowest BCUT2D eigenvalue weighted by Gasteiger charge is -2.10. The number of para-hydroxylation sites is 1. The van der Waals surface area contributed by atoms with Gasteiger partial charge in [0, 0.05) is 5.69 Å². The Hall–Kier alpha value is -3.01. The van der Waals surface area contributed by atoms with Crippen LogP contribution >= 0.6 is 23.2 Å². The Morgan fingerprint density at radius 3 is 2.44 bits per heavy atom. The Labute approximate surface area is 165 Å². The Morgan fingerprint density at radius 2 is 1.89 bits per heavy atom. The fourth-order valence-electron chi connectivity index (χ4n) is 2.15. The van der Waals surface area contributed by atoms with Crippen LogP contribution in [0.2, 0.25) is 10.0 Å². The summed E-state index contributed by atoms with van der Waals surface area (Å²) in [6, 6.07) is 11.8. The van der Waals surface area contributed by atoms with Crippen LogP contribution < -0.4 is 10.1 Å². The van der Waals surface area contributed by atoms with Crippen LogP contribution in [-0.2, 0) is 9.59 Å². The summed E-state index contributed by atoms with van der Waals surface area (Å²) in [5.41, 5.74) is 1.69. The molecule has 0 aromatic heterocycles. The molecule has 2 aromatic rings. The van der Waals surface area contributed by atoms with Crippen LogP contribution in [0.25, 0.3) is 6.08 Å². The number of ether oxygens (including phenoxy) is 1. The van der Waals surface area contributed by atoms with Crippen LogP contribution in [0.4, 0.5) is 5.69 Å². The van der Waals surface area contributed by atoms with Crippen LogP contribution in [0.3, 0.4) is 0 Å². The Balaban J connectivity index is 2.27. The van der Waals surface area contributed by atoms with Gasteiger partial charge in [0.25, 0.3) is 5.91 Å². The van der Waals surface area contributed by atoms with Gasteiger partial charge in [0.2, 0.25) is 0 Å². The highest BCUT2D eigenvalue weighted by Crippen LogP contribution is 2.35. The minimum atomic E-state index is -1.18. The molecular weight excluding hydrogens is 391 g/mol. The summed E-state index contributed by atoms with van der Waals surface area (Å²) >= 11 is 12.1. The largest absolute Gasteiger partial charge is 0.479 e. The van der Waals surface area contributed by atoms with Crippen molar-refractivity contribution < 1.29 is 19.4 Å². The number of halogens is 2. The van der Waals surface area contributed by atoms with Crippen LogP contribution in [0.1, 0.15) is 11.1 Å². The number of carbonyl (C=O) groups excluding carboxylic acids is 1. The molecule has 0 aliphatic carbocycles. The average molecular weight is 405 g/mol. The van der Waals surface area contributed by atoms with E-state index in [9.17, 15) is 14.9 Å². The maximum atomic E-state index is 12.4. The number of benzene rings is 2. The first-order valence-electron chi connectivity index (χ1n) is 7.64. The van der Waals surface area contributed by atoms with Crippen LogP contribution in [-0.4, -0.2) is 23.6 Å². The number of carboxylic acid groups (broad SMARTS) is 1. The smallest absolute Gasteiger partial charge is 0.341 e. The topological polar surface area (TPSA) is 99.4 Å². The molecule has 0 saturated carbocycles. The third kappa shape index (κ3) is 5.48. The molecule has 0 heterocycles. The van der Waals surface area contributed by atoms with Crippen molar-refractivity contribution in [3.05, 3.63) is 63.1 Å². The highest BCUT2D eigenvalue weighted by molar-refractivity contribution is 6.37. The zero-order valence-electron chi connectivity index (χ0n) is 14.1. The molecule has 0 bridgehead atoms. The van der Waals surface area contributed by atoms with Gasteiger partial charge in [-0.2, -0.15) is 5.26 Å². The van der Waals surface area contributed by atoms with Crippen molar-refractivity contribution in [2.45, 2.75) is 6.92 Å². The number of aryl methyl sites for hydroxylation is 1. The van der Waals surface area contributed by atoms with E-state index in [-0.39, 0.29) is 21.4 Å². The van der Waals surface area contributed by atoms with Crippen molar-refractivity contribution in [3.8, 4) is 11.8 Å². The Bertz CT molecular complexity index is 941. The van der Waals surface area contributed by atoms with Gasteiger partial charge in [-0.15, -0.1) is 0 Å². The second kappa shape index (κ2) is 9.08. The van der Waals surface area contributed by atoms with Gasteiger partial charge < -0.3 is 15.2 Å². The molecule has 0 spiro atoms. The van der Waals surface area contributed by atoms with Gasteiger partial charge in [0.05, 0.1) is 10.0 Å². The van der Waals surface area contributed by atoms with E-state index < -0.39 is 18.5 Å². The number of nitrogens with zero attached hydrogens (tertiary/aromatic N) is 1. The number of hydrogen-bond acceptors (Lipinski definition) is 4. The lowest BCUT2D eigenvalue weighted by molar-refractivity contribution is -0.139. The first-order valence-corrected chi connectivity index (χ1v) is 8.40. The van der Waals surface area contributed by atoms with Gasteiger partial charge in [-0.1, -0.05) is 41.4 Å². The van der Waals surface area contributed by atoms with Crippen molar-refractivity contribution in [2.24, 2.45) is 0 Å². The number of nitriles is 1. The van der Waals surface area contributed by atoms with Crippen molar-refractivity contribution in [1.82, 2.24) is 0 Å². The van der Waals surface area contributed by atoms with Crippen LogP contribution in [0, 0.1) is 18.3 Å². The summed E-state index contributed by atoms with van der Waals surface area (Å²) in [5, 5.41) is 20.8. The van der Waals surface area contributed by atoms with Crippen molar-refractivity contribution in [2.75, 3.05) is 11.9 Å². The van der Waals surface area contributed by atoms with Crippen LogP contribution in [0.5, 0.6) is 5.75 Å². The lowest BCUT2D eigenvalue weighted by Crippen LogP contribution is -2.14. The fourth-order valence-corrected chi connectivity index (χ4v) is 2.77. The van der Waals surface area contributed by atoms with E-state index in [0.29, 0.717) is 11.3 Å². The minimum absolute atomic E-state index is 0.0146. The number of carboxylic acids is 1. The molecule has 2 aromatic carbocycles. The molecule has 0 unspecified atom stereocenters. The molecule has 0 aliphatic heterocycles. The molecule has 2 rings (SSSR count). The lowest BCUT2D eigenvalue weighted by atomic mass is 10.1. The van der Waals surface area contributed by atoms with Gasteiger partial charge in [0.15, 0.2) is 12.4 Å². The van der Waals surface area contributed by atoms with Crippen LogP contribution in [0.15, 0.2) is 42.0 Å². The Kier molecular flexibility index (Phi) is 6.83. The SMILES string of the molecule is Cc1ccccc1NC(=O)/C(C#N)=C\c1cc(Cl)c(OCC(=O)O)c(Cl)c1. The Morgan fingerprint density at radius 1 is 1.26 bits per heavy atom. The first-order chi connectivity index (χ1) is 12.8. The number of amides is 1. The van der Waals surface area contributed by atoms with Gasteiger partial charge in [-0.25, -0.2) is 4.79 Å². The molecule has 2 N–H and O–H groups in total. The summed E-state index contributed by atoms with van der Waals surface area (Å²) in [6.07, 6.45) is 1.33. The molecular formula is C19H14Cl2N2O4. The quantitative estimate of drug-likeness (QED) is 0.551. The first kappa shape index (κ1) is 20.3. The monoisotopic (exact) mass is 404 g/mol. The van der Waals surface area contributed by atoms with E-state index in [1.54, 1.807) is 12.1 Å². The van der Waals surface area contributed by atoms with Gasteiger partial charge >= 0.3 is 5.97 Å². The molecule has 0 radical (unpaired) electrons. The molecule has 0 aliphatic rings. The molecule has 1 amide bonds. The molecule has 8 heteroatoms. The molecule has 0 saturated heterocycles. The maximum absolute atomic E-state index is 12.4. The van der Waals surface area contributed by atoms with Crippen molar-refractivity contribution >= 4 is 46.8 Å². The number of rotatable bonds is 6. The zero-order valence-corrected chi connectivity index (χ0v) is 15.6. The van der Waals surface area contributed by atoms with E-state index in [1.165, 1.54) is 18.2 Å². The predicted octanol–water partition coefficient (Wildman–Crippen LogP) is 4.31. The number of anilines is 1. The third-order valence-corrected chi connectivity index (χ3v) is 3.99. The molecule has 138 valence electrons. The van der Waals surface area contributed by atoms with Gasteiger partial charge in [-0.05, 0) is 42.3 Å². The zero-order chi connectivity index (χ0) is 20.0. The van der Waals surface area contributed by atoms with Gasteiger partial charge in [0.1, 0.15) is 11.6 Å². The normalized spacial score (nSPS) is 10.8. The molecule has 0 fully saturated rings. The van der Waals surface area contributed by atoms with Crippen molar-refractivity contribution in [1.29, 1.82) is 5.26 Å².